The van der Waals surface area contributed by atoms with E-state index in [0.717, 1.165) is 16.8 Å². The Bertz CT molecular complexity index is 234. The van der Waals surface area contributed by atoms with E-state index in [4.69, 9.17) is 4.99 Å². The van der Waals surface area contributed by atoms with Gasteiger partial charge in [-0.3, -0.25) is 4.99 Å². The number of hydrogen-bond acceptors (Lipinski definition) is 2. The largest absolute Gasteiger partial charge is 0.359 e. The lowest BCUT2D eigenvalue weighted by Gasteiger charge is -2.16. The highest BCUT2D eigenvalue weighted by molar-refractivity contribution is 8.14. The van der Waals surface area contributed by atoms with E-state index in [-0.39, 0.29) is 5.54 Å². The number of nitrogens with one attached hydrogen (secondary N) is 1. The summed E-state index contributed by atoms with van der Waals surface area (Å²) in [6.07, 6.45) is 2.47. The van der Waals surface area contributed by atoms with Crippen molar-refractivity contribution in [1.29, 1.82) is 0 Å². The summed E-state index contributed by atoms with van der Waals surface area (Å²) in [5, 5.41) is 4.60. The molecule has 0 aromatic carbocycles. The minimum Gasteiger partial charge on any atom is -0.359 e. The lowest BCUT2D eigenvalue weighted by atomic mass is 10.1. The van der Waals surface area contributed by atoms with Gasteiger partial charge in [0.1, 0.15) is 0 Å². The van der Waals surface area contributed by atoms with E-state index in [1.807, 2.05) is 11.8 Å². The Kier molecular flexibility index (Phi) is 4.50. The summed E-state index contributed by atoms with van der Waals surface area (Å²) in [7, 11) is 0. The topological polar surface area (TPSA) is 24.4 Å². The molecule has 1 rings (SSSR count). The Morgan fingerprint density at radius 1 is 1.33 bits per heavy atom. The molecule has 0 saturated carbocycles. The molecule has 0 spiro atoms. The normalized spacial score (nSPS) is 24.5. The van der Waals surface area contributed by atoms with Crippen molar-refractivity contribution in [3.63, 3.8) is 0 Å². The second-order valence-corrected chi connectivity index (χ2v) is 6.52. The van der Waals surface area contributed by atoms with Crippen LogP contribution in [0, 0.1) is 5.92 Å². The maximum atomic E-state index is 4.71. The van der Waals surface area contributed by atoms with Crippen LogP contribution in [0.1, 0.15) is 47.5 Å². The molecule has 0 aromatic rings. The van der Waals surface area contributed by atoms with Crippen LogP contribution in [-0.2, 0) is 0 Å². The molecule has 0 bridgehead atoms. The quantitative estimate of drug-likeness (QED) is 0.798. The molecule has 1 aliphatic heterocycles. The summed E-state index contributed by atoms with van der Waals surface area (Å²) < 4.78 is 0. The molecule has 0 radical (unpaired) electrons. The Morgan fingerprint density at radius 3 is 2.47 bits per heavy atom. The van der Waals surface area contributed by atoms with Gasteiger partial charge in [-0.25, -0.2) is 0 Å². The van der Waals surface area contributed by atoms with Crippen molar-refractivity contribution in [3.8, 4) is 0 Å². The van der Waals surface area contributed by atoms with Gasteiger partial charge >= 0.3 is 0 Å². The molecule has 2 nitrogen and oxygen atoms in total. The van der Waals surface area contributed by atoms with Crippen LogP contribution >= 0.6 is 11.8 Å². The van der Waals surface area contributed by atoms with Crippen LogP contribution in [0.5, 0.6) is 0 Å². The first-order valence-electron chi connectivity index (χ1n) is 5.88. The van der Waals surface area contributed by atoms with Crippen LogP contribution < -0.4 is 5.32 Å². The van der Waals surface area contributed by atoms with Crippen molar-refractivity contribution < 1.29 is 0 Å². The van der Waals surface area contributed by atoms with Gasteiger partial charge in [-0.15, -0.1) is 0 Å². The summed E-state index contributed by atoms with van der Waals surface area (Å²) >= 11 is 1.85. The van der Waals surface area contributed by atoms with Crippen molar-refractivity contribution >= 4 is 16.9 Å². The van der Waals surface area contributed by atoms with Gasteiger partial charge in [0.15, 0.2) is 5.17 Å². The van der Waals surface area contributed by atoms with E-state index in [0.29, 0.717) is 6.04 Å². The molecule has 15 heavy (non-hydrogen) atoms. The second kappa shape index (κ2) is 5.24. The van der Waals surface area contributed by atoms with E-state index < -0.39 is 0 Å². The Hall–Kier alpha value is -0.180. The van der Waals surface area contributed by atoms with Gasteiger partial charge in [0, 0.05) is 17.3 Å². The summed E-state index contributed by atoms with van der Waals surface area (Å²) in [6, 6.07) is 0.455. The first kappa shape index (κ1) is 12.9. The van der Waals surface area contributed by atoms with Crippen LogP contribution in [0.4, 0.5) is 0 Å². The van der Waals surface area contributed by atoms with Crippen LogP contribution in [0.25, 0.3) is 0 Å². The van der Waals surface area contributed by atoms with Crippen molar-refractivity contribution in [2.75, 3.05) is 5.75 Å². The van der Waals surface area contributed by atoms with Gasteiger partial charge in [-0.2, -0.15) is 0 Å². The maximum Gasteiger partial charge on any atom is 0.157 e. The molecule has 1 aliphatic rings. The molecule has 1 atom stereocenters. The fourth-order valence-corrected chi connectivity index (χ4v) is 2.69. The molecule has 0 amide bonds. The van der Waals surface area contributed by atoms with Crippen molar-refractivity contribution in [2.24, 2.45) is 10.9 Å². The highest BCUT2D eigenvalue weighted by atomic mass is 32.2. The third-order valence-electron chi connectivity index (χ3n) is 2.51. The average molecular weight is 228 g/mol. The van der Waals surface area contributed by atoms with Crippen LogP contribution in [0.3, 0.4) is 0 Å². The number of hydrogen-bond donors (Lipinski definition) is 1. The molecule has 1 unspecified atom stereocenters. The van der Waals surface area contributed by atoms with Crippen LogP contribution in [0.2, 0.25) is 0 Å². The van der Waals surface area contributed by atoms with Gasteiger partial charge in [0.05, 0.1) is 0 Å². The summed E-state index contributed by atoms with van der Waals surface area (Å²) in [4.78, 5) is 4.71. The van der Waals surface area contributed by atoms with Gasteiger partial charge in [-0.1, -0.05) is 25.6 Å². The standard InChI is InChI=1S/C12H24N2S/c1-9(2)6-7-10(3)13-11-14-12(4,5)8-15-11/h9-10H,6-8H2,1-5H3,(H,13,14). The number of amidine groups is 1. The Morgan fingerprint density at radius 2 is 2.00 bits per heavy atom. The molecule has 1 N–H and O–H groups in total. The number of aliphatic imine (C=N–C) groups is 1. The SMILES string of the molecule is CC(C)CCC(C)N=C1NC(C)(C)CS1. The predicted octanol–water partition coefficient (Wildman–Crippen LogP) is 3.28. The molecule has 0 aliphatic carbocycles. The molecule has 1 heterocycles. The Balaban J connectivity index is 2.36. The van der Waals surface area contributed by atoms with E-state index in [9.17, 15) is 0 Å². The van der Waals surface area contributed by atoms with E-state index in [2.05, 4.69) is 39.9 Å². The molecule has 88 valence electrons. The average Bonchev–Trinajstić information content (AvgIpc) is 2.42. The fourth-order valence-electron chi connectivity index (χ4n) is 1.52. The zero-order chi connectivity index (χ0) is 11.5. The van der Waals surface area contributed by atoms with E-state index in [1.165, 1.54) is 12.8 Å². The summed E-state index contributed by atoms with van der Waals surface area (Å²) in [6.45, 7) is 11.2. The Labute approximate surface area is 98.3 Å². The van der Waals surface area contributed by atoms with Crippen LogP contribution in [-0.4, -0.2) is 22.5 Å². The first-order valence-corrected chi connectivity index (χ1v) is 6.86. The highest BCUT2D eigenvalue weighted by Crippen LogP contribution is 2.23. The molecule has 0 aromatic heterocycles. The van der Waals surface area contributed by atoms with Crippen LogP contribution in [0.15, 0.2) is 4.99 Å². The third kappa shape index (κ3) is 4.92. The maximum absolute atomic E-state index is 4.71. The molecule has 1 fully saturated rings. The van der Waals surface area contributed by atoms with Crippen molar-refractivity contribution in [1.82, 2.24) is 5.32 Å². The lowest BCUT2D eigenvalue weighted by Crippen LogP contribution is -2.37. The van der Waals surface area contributed by atoms with Gasteiger partial charge < -0.3 is 5.32 Å². The van der Waals surface area contributed by atoms with Gasteiger partial charge in [-0.05, 0) is 39.5 Å². The first-order chi connectivity index (χ1) is 6.89. The molecular weight excluding hydrogens is 204 g/mol. The minimum atomic E-state index is 0.223. The fraction of sp³-hybridized carbons (Fsp3) is 0.917. The zero-order valence-electron chi connectivity index (χ0n) is 10.6. The van der Waals surface area contributed by atoms with Crippen molar-refractivity contribution in [3.05, 3.63) is 0 Å². The summed E-state index contributed by atoms with van der Waals surface area (Å²) in [5.41, 5.74) is 0.223. The summed E-state index contributed by atoms with van der Waals surface area (Å²) in [5.74, 6) is 1.91. The van der Waals surface area contributed by atoms with E-state index in [1.54, 1.807) is 0 Å². The molecule has 3 heteroatoms. The van der Waals surface area contributed by atoms with Gasteiger partial charge in [0.2, 0.25) is 0 Å². The minimum absolute atomic E-state index is 0.223. The zero-order valence-corrected chi connectivity index (χ0v) is 11.4. The number of nitrogens with zero attached hydrogens (tertiary/aromatic N) is 1. The molecule has 1 saturated heterocycles. The number of rotatable bonds is 4. The highest BCUT2D eigenvalue weighted by Gasteiger charge is 2.27. The lowest BCUT2D eigenvalue weighted by molar-refractivity contribution is 0.509. The second-order valence-electron chi connectivity index (χ2n) is 5.55. The van der Waals surface area contributed by atoms with Gasteiger partial charge in [0.25, 0.3) is 0 Å². The predicted molar refractivity (Wildman–Crippen MR) is 70.6 cm³/mol. The molecular formula is C12H24N2S. The smallest absolute Gasteiger partial charge is 0.157 e. The van der Waals surface area contributed by atoms with E-state index >= 15 is 0 Å². The third-order valence-corrected chi connectivity index (χ3v) is 3.86. The van der Waals surface area contributed by atoms with Crippen molar-refractivity contribution in [2.45, 2.75) is 59.0 Å². The monoisotopic (exact) mass is 228 g/mol. The number of thioether (sulfide) groups is 1.